The zero-order valence-corrected chi connectivity index (χ0v) is 18.0. The van der Waals surface area contributed by atoms with Crippen molar-refractivity contribution in [1.29, 1.82) is 0 Å². The fourth-order valence-corrected chi connectivity index (χ4v) is 3.23. The second-order valence-electron chi connectivity index (χ2n) is 4.80. The molecular formula is C11H20NaO12S2+. The molecule has 0 radical (unpaired) electrons. The molecule has 0 aromatic heterocycles. The van der Waals surface area contributed by atoms with Gasteiger partial charge in [-0.1, -0.05) is 6.08 Å². The summed E-state index contributed by atoms with van der Waals surface area (Å²) in [5, 5.41) is 0. The van der Waals surface area contributed by atoms with Gasteiger partial charge in [-0.15, -0.1) is 6.58 Å². The van der Waals surface area contributed by atoms with Crippen molar-refractivity contribution in [3.63, 3.8) is 0 Å². The van der Waals surface area contributed by atoms with Crippen LogP contribution in [-0.2, 0) is 48.1 Å². The van der Waals surface area contributed by atoms with Crippen LogP contribution >= 0.6 is 0 Å². The molecule has 0 unspecified atom stereocenters. The van der Waals surface area contributed by atoms with E-state index in [2.05, 4.69) is 14.9 Å². The first-order chi connectivity index (χ1) is 11.5. The second kappa shape index (κ2) is 11.4. The van der Waals surface area contributed by atoms with Gasteiger partial charge in [0.25, 0.3) is 0 Å². The summed E-state index contributed by atoms with van der Waals surface area (Å²) in [7, 11) is -7.52. The van der Waals surface area contributed by atoms with Crippen LogP contribution in [0.4, 0.5) is 0 Å². The minimum Gasteiger partial charge on any atom is -0.382 e. The number of rotatable bonds is 10. The first-order valence-corrected chi connectivity index (χ1v) is 9.46. The largest absolute Gasteiger partial charge is 1.00 e. The van der Waals surface area contributed by atoms with Crippen LogP contribution in [0.1, 0.15) is 0 Å². The summed E-state index contributed by atoms with van der Waals surface area (Å²) in [6.45, 7) is 3.02. The van der Waals surface area contributed by atoms with Crippen LogP contribution in [-0.4, -0.2) is 84.1 Å². The molecular weight excluding hydrogens is 411 g/mol. The van der Waals surface area contributed by atoms with Crippen LogP contribution in [0.2, 0.25) is 0 Å². The molecule has 0 saturated carbocycles. The molecule has 0 aromatic rings. The van der Waals surface area contributed by atoms with E-state index in [9.17, 15) is 16.8 Å². The van der Waals surface area contributed by atoms with Crippen molar-refractivity contribution < 1.29 is 82.8 Å². The maximum Gasteiger partial charge on any atom is 1.00 e. The molecule has 148 valence electrons. The van der Waals surface area contributed by atoms with Gasteiger partial charge >= 0.3 is 50.4 Å². The zero-order chi connectivity index (χ0) is 19.3. The summed E-state index contributed by atoms with van der Waals surface area (Å²) in [4.78, 5) is 0. The summed E-state index contributed by atoms with van der Waals surface area (Å²) >= 11 is 0. The van der Waals surface area contributed by atoms with Crippen LogP contribution < -0.4 is 29.6 Å². The van der Waals surface area contributed by atoms with Gasteiger partial charge in [0.2, 0.25) is 0 Å². The fourth-order valence-electron chi connectivity index (χ4n) is 2.24. The molecule has 15 heteroatoms. The minimum atomic E-state index is -4.99. The van der Waals surface area contributed by atoms with Gasteiger partial charge in [0.05, 0.1) is 13.2 Å². The summed E-state index contributed by atoms with van der Waals surface area (Å²) in [5.74, 6) is 0. The van der Waals surface area contributed by atoms with Gasteiger partial charge < -0.3 is 18.9 Å². The third kappa shape index (κ3) is 8.55. The molecule has 0 bridgehead atoms. The van der Waals surface area contributed by atoms with Crippen LogP contribution in [0.25, 0.3) is 0 Å². The smallest absolute Gasteiger partial charge is 0.382 e. The quantitative estimate of drug-likeness (QED) is 0.196. The monoisotopic (exact) mass is 431 g/mol. The number of hydrogen-bond acceptors (Lipinski definition) is 10. The Hall–Kier alpha value is 0.320. The van der Waals surface area contributed by atoms with E-state index in [-0.39, 0.29) is 42.8 Å². The molecule has 0 aliphatic carbocycles. The van der Waals surface area contributed by atoms with Gasteiger partial charge in [0.15, 0.2) is 12.4 Å². The summed E-state index contributed by atoms with van der Waals surface area (Å²) in [6.07, 6.45) is -5.93. The van der Waals surface area contributed by atoms with Crippen molar-refractivity contribution in [3.8, 4) is 0 Å². The summed E-state index contributed by atoms with van der Waals surface area (Å²) in [5.41, 5.74) is 0. The molecule has 1 rings (SSSR count). The van der Waals surface area contributed by atoms with Gasteiger partial charge in [0, 0.05) is 14.2 Å². The topological polar surface area (TPSA) is 164 Å². The maximum atomic E-state index is 11.1. The number of ether oxygens (including phenoxy) is 4. The summed E-state index contributed by atoms with van der Waals surface area (Å²) < 4.78 is 91.9. The molecule has 1 fully saturated rings. The second-order valence-corrected chi connectivity index (χ2v) is 6.89. The third-order valence-electron chi connectivity index (χ3n) is 3.03. The van der Waals surface area contributed by atoms with Crippen molar-refractivity contribution in [2.24, 2.45) is 0 Å². The van der Waals surface area contributed by atoms with Gasteiger partial charge in [-0.3, -0.25) is 9.11 Å². The van der Waals surface area contributed by atoms with Crippen LogP contribution in [0, 0.1) is 0 Å². The normalized spacial score (nSPS) is 29.8. The molecule has 0 aromatic carbocycles. The van der Waals surface area contributed by atoms with Crippen LogP contribution in [0.5, 0.6) is 0 Å². The number of methoxy groups -OCH3 is 2. The number of hydrogen-bond donors (Lipinski definition) is 2. The van der Waals surface area contributed by atoms with E-state index < -0.39 is 51.5 Å². The van der Waals surface area contributed by atoms with E-state index in [0.29, 0.717) is 0 Å². The average molecular weight is 431 g/mol. The maximum absolute atomic E-state index is 11.1. The third-order valence-corrected chi connectivity index (χ3v) is 3.96. The van der Waals surface area contributed by atoms with Gasteiger partial charge in [-0.05, 0) is 0 Å². The Morgan fingerprint density at radius 1 is 1.04 bits per heavy atom. The molecule has 0 amide bonds. The van der Waals surface area contributed by atoms with Gasteiger partial charge in [-0.2, -0.15) is 16.8 Å². The average Bonchev–Trinajstić information content (AvgIpc) is 2.46. The standard InChI is InChI=1S/C11H20O12S2.Na/c1-4-5-20-9-8(22-24(12,13)14)7(6-18-2)21-11(19-3)10(9)23-25(15,16)17;/h4,7-11H,1,5-6H2,2-3H3,(H,12,13,14)(H,15,16,17);/q;+1/t7-,8-,9+,10+,11+;/m1./s1. The van der Waals surface area contributed by atoms with Crippen LogP contribution in [0.3, 0.4) is 0 Å². The Morgan fingerprint density at radius 2 is 1.58 bits per heavy atom. The molecule has 1 heterocycles. The first kappa shape index (κ1) is 26.3. The molecule has 12 nitrogen and oxygen atoms in total. The Morgan fingerprint density at radius 3 is 2.00 bits per heavy atom. The molecule has 26 heavy (non-hydrogen) atoms. The molecule has 2 N–H and O–H groups in total. The minimum absolute atomic E-state index is 0. The first-order valence-electron chi connectivity index (χ1n) is 6.73. The van der Waals surface area contributed by atoms with E-state index in [0.717, 1.165) is 7.11 Å². The van der Waals surface area contributed by atoms with Crippen molar-refractivity contribution in [3.05, 3.63) is 12.7 Å². The fraction of sp³-hybridized carbons (Fsp3) is 0.818. The van der Waals surface area contributed by atoms with Crippen molar-refractivity contribution in [1.82, 2.24) is 0 Å². The van der Waals surface area contributed by atoms with Gasteiger partial charge in [-0.25, -0.2) is 8.37 Å². The zero-order valence-electron chi connectivity index (χ0n) is 14.4. The van der Waals surface area contributed by atoms with E-state index in [4.69, 9.17) is 28.1 Å². The van der Waals surface area contributed by atoms with E-state index in [1.54, 1.807) is 0 Å². The van der Waals surface area contributed by atoms with Crippen molar-refractivity contribution >= 4 is 20.8 Å². The predicted octanol–water partition coefficient (Wildman–Crippen LogP) is -4.04. The van der Waals surface area contributed by atoms with E-state index in [1.807, 2.05) is 0 Å². The Labute approximate surface area is 173 Å². The Bertz CT molecular complexity index is 636. The van der Waals surface area contributed by atoms with Gasteiger partial charge in [0.1, 0.15) is 18.3 Å². The summed E-state index contributed by atoms with van der Waals surface area (Å²) in [6, 6.07) is 0. The SMILES string of the molecule is C=CCO[C@@H]1[C@H](OS(=O)(=O)O)[C@@H](OC)O[C@H](COC)[C@H]1OS(=O)(=O)O.[Na+]. The predicted molar refractivity (Wildman–Crippen MR) is 80.3 cm³/mol. The molecule has 1 aliphatic heterocycles. The van der Waals surface area contributed by atoms with Crippen molar-refractivity contribution in [2.45, 2.75) is 30.7 Å². The Kier molecular flexibility index (Phi) is 11.5. The molecule has 1 aliphatic rings. The molecule has 5 atom stereocenters. The van der Waals surface area contributed by atoms with E-state index in [1.165, 1.54) is 13.2 Å². The molecule has 1 saturated heterocycles. The Balaban J connectivity index is 0.00000625. The van der Waals surface area contributed by atoms with Crippen LogP contribution in [0.15, 0.2) is 12.7 Å². The molecule has 0 spiro atoms. The van der Waals surface area contributed by atoms with Crippen molar-refractivity contribution in [2.75, 3.05) is 27.4 Å². The van der Waals surface area contributed by atoms with E-state index >= 15 is 0 Å².